The fraction of sp³-hybridized carbons (Fsp3) is 0.333. The first kappa shape index (κ1) is 19.1. The normalized spacial score (nSPS) is 11.2. The molecule has 0 saturated heterocycles. The summed E-state index contributed by atoms with van der Waals surface area (Å²) in [6.07, 6.45) is 0. The van der Waals surface area contributed by atoms with Gasteiger partial charge in [0.1, 0.15) is 17.2 Å². The molecule has 0 heterocycles. The highest BCUT2D eigenvalue weighted by atomic mass is 32.2. The molecule has 0 fully saturated rings. The Labute approximate surface area is 148 Å². The molecule has 7 heteroatoms. The summed E-state index contributed by atoms with van der Waals surface area (Å²) < 4.78 is 43.6. The van der Waals surface area contributed by atoms with Gasteiger partial charge in [0, 0.05) is 12.6 Å². The van der Waals surface area contributed by atoms with Gasteiger partial charge in [-0.05, 0) is 54.8 Å². The Morgan fingerprint density at radius 2 is 1.44 bits per heavy atom. The third-order valence-electron chi connectivity index (χ3n) is 3.86. The number of ether oxygens (including phenoxy) is 3. The first-order valence-electron chi connectivity index (χ1n) is 7.67. The van der Waals surface area contributed by atoms with Crippen molar-refractivity contribution in [2.75, 3.05) is 21.3 Å². The van der Waals surface area contributed by atoms with E-state index in [1.807, 2.05) is 6.92 Å². The van der Waals surface area contributed by atoms with Crippen molar-refractivity contribution in [3.8, 4) is 17.2 Å². The van der Waals surface area contributed by atoms with Crippen LogP contribution in [-0.4, -0.2) is 29.7 Å². The number of nitrogens with one attached hydrogen (secondary N) is 1. The Kier molecular flexibility index (Phi) is 5.92. The minimum atomic E-state index is -3.66. The van der Waals surface area contributed by atoms with Crippen LogP contribution in [0, 0.1) is 13.8 Å². The molecule has 25 heavy (non-hydrogen) atoms. The standard InChI is InChI=1S/C18H23NO5S/c1-12-7-18(13(2)6-17(12)24-5)25(20,21)19-11-14-8-15(22-3)10-16(9-14)23-4/h6-10,19H,11H2,1-5H3. The number of benzene rings is 2. The highest BCUT2D eigenvalue weighted by Crippen LogP contribution is 2.26. The van der Waals surface area contributed by atoms with E-state index in [9.17, 15) is 8.42 Å². The summed E-state index contributed by atoms with van der Waals surface area (Å²) in [6, 6.07) is 8.59. The van der Waals surface area contributed by atoms with Crippen molar-refractivity contribution in [3.63, 3.8) is 0 Å². The summed E-state index contributed by atoms with van der Waals surface area (Å²) in [5, 5.41) is 0. The van der Waals surface area contributed by atoms with Crippen molar-refractivity contribution in [2.45, 2.75) is 25.3 Å². The van der Waals surface area contributed by atoms with Crippen LogP contribution >= 0.6 is 0 Å². The lowest BCUT2D eigenvalue weighted by molar-refractivity contribution is 0.393. The van der Waals surface area contributed by atoms with Gasteiger partial charge in [-0.2, -0.15) is 0 Å². The minimum Gasteiger partial charge on any atom is -0.497 e. The summed E-state index contributed by atoms with van der Waals surface area (Å²) in [7, 11) is 0.993. The predicted molar refractivity (Wildman–Crippen MR) is 96.0 cm³/mol. The Morgan fingerprint density at radius 3 is 1.96 bits per heavy atom. The van der Waals surface area contributed by atoms with Crippen LogP contribution < -0.4 is 18.9 Å². The predicted octanol–water partition coefficient (Wildman–Crippen LogP) is 2.81. The van der Waals surface area contributed by atoms with Crippen LogP contribution in [0.5, 0.6) is 17.2 Å². The van der Waals surface area contributed by atoms with Gasteiger partial charge < -0.3 is 14.2 Å². The van der Waals surface area contributed by atoms with Crippen molar-refractivity contribution in [3.05, 3.63) is 47.0 Å². The Hall–Kier alpha value is -2.25. The van der Waals surface area contributed by atoms with Crippen LogP contribution in [0.25, 0.3) is 0 Å². The van der Waals surface area contributed by atoms with E-state index >= 15 is 0 Å². The Balaban J connectivity index is 2.27. The molecule has 0 aliphatic heterocycles. The average Bonchev–Trinajstić information content (AvgIpc) is 2.61. The molecule has 1 N–H and O–H groups in total. The van der Waals surface area contributed by atoms with Crippen LogP contribution in [-0.2, 0) is 16.6 Å². The van der Waals surface area contributed by atoms with Gasteiger partial charge in [-0.3, -0.25) is 0 Å². The first-order chi connectivity index (χ1) is 11.8. The van der Waals surface area contributed by atoms with Gasteiger partial charge in [0.2, 0.25) is 10.0 Å². The highest BCUT2D eigenvalue weighted by Gasteiger charge is 2.19. The second-order valence-electron chi connectivity index (χ2n) is 5.63. The molecule has 0 aliphatic rings. The lowest BCUT2D eigenvalue weighted by Gasteiger charge is -2.13. The lowest BCUT2D eigenvalue weighted by atomic mass is 10.1. The summed E-state index contributed by atoms with van der Waals surface area (Å²) in [5.41, 5.74) is 2.12. The minimum absolute atomic E-state index is 0.125. The zero-order chi connectivity index (χ0) is 18.6. The number of hydrogen-bond donors (Lipinski definition) is 1. The zero-order valence-electron chi connectivity index (χ0n) is 15.0. The summed E-state index contributed by atoms with van der Waals surface area (Å²) >= 11 is 0. The molecule has 0 bridgehead atoms. The van der Waals surface area contributed by atoms with E-state index in [1.54, 1.807) is 58.6 Å². The van der Waals surface area contributed by atoms with Crippen LogP contribution in [0.15, 0.2) is 35.2 Å². The number of sulfonamides is 1. The smallest absolute Gasteiger partial charge is 0.241 e. The van der Waals surface area contributed by atoms with Crippen molar-refractivity contribution in [1.29, 1.82) is 0 Å². The Morgan fingerprint density at radius 1 is 0.840 bits per heavy atom. The molecule has 0 unspecified atom stereocenters. The molecule has 6 nitrogen and oxygen atoms in total. The Bertz CT molecular complexity index is 840. The molecule has 0 saturated carbocycles. The summed E-state index contributed by atoms with van der Waals surface area (Å²) in [5.74, 6) is 1.86. The van der Waals surface area contributed by atoms with Crippen LogP contribution in [0.3, 0.4) is 0 Å². The summed E-state index contributed by atoms with van der Waals surface area (Å²) in [6.45, 7) is 3.68. The maximum atomic E-state index is 12.7. The van der Waals surface area contributed by atoms with Gasteiger partial charge in [0.25, 0.3) is 0 Å². The maximum Gasteiger partial charge on any atom is 0.241 e. The fourth-order valence-electron chi connectivity index (χ4n) is 2.50. The van der Waals surface area contributed by atoms with Gasteiger partial charge >= 0.3 is 0 Å². The van der Waals surface area contributed by atoms with Crippen molar-refractivity contribution >= 4 is 10.0 Å². The lowest BCUT2D eigenvalue weighted by Crippen LogP contribution is -2.24. The van der Waals surface area contributed by atoms with E-state index in [-0.39, 0.29) is 11.4 Å². The molecular weight excluding hydrogens is 342 g/mol. The van der Waals surface area contributed by atoms with E-state index < -0.39 is 10.0 Å². The number of hydrogen-bond acceptors (Lipinski definition) is 5. The van der Waals surface area contributed by atoms with Crippen LogP contribution in [0.2, 0.25) is 0 Å². The summed E-state index contributed by atoms with van der Waals surface area (Å²) in [4.78, 5) is 0.237. The van der Waals surface area contributed by atoms with Gasteiger partial charge in [-0.1, -0.05) is 0 Å². The van der Waals surface area contributed by atoms with E-state index in [0.717, 1.165) is 11.1 Å². The third kappa shape index (κ3) is 4.43. The van der Waals surface area contributed by atoms with Crippen molar-refractivity contribution in [2.24, 2.45) is 0 Å². The number of rotatable bonds is 7. The van der Waals surface area contributed by atoms with E-state index in [1.165, 1.54) is 0 Å². The largest absolute Gasteiger partial charge is 0.497 e. The van der Waals surface area contributed by atoms with Gasteiger partial charge in [0.05, 0.1) is 26.2 Å². The number of methoxy groups -OCH3 is 3. The molecule has 2 aromatic rings. The molecule has 136 valence electrons. The SMILES string of the molecule is COc1cc(CNS(=O)(=O)c2cc(C)c(OC)cc2C)cc(OC)c1. The second-order valence-corrected chi connectivity index (χ2v) is 7.37. The molecule has 2 aromatic carbocycles. The first-order valence-corrected chi connectivity index (χ1v) is 9.16. The zero-order valence-corrected chi connectivity index (χ0v) is 15.9. The van der Waals surface area contributed by atoms with E-state index in [4.69, 9.17) is 14.2 Å². The van der Waals surface area contributed by atoms with Crippen molar-refractivity contribution < 1.29 is 22.6 Å². The monoisotopic (exact) mass is 365 g/mol. The average molecular weight is 365 g/mol. The molecule has 0 spiro atoms. The molecule has 0 aliphatic carbocycles. The molecular formula is C18H23NO5S. The topological polar surface area (TPSA) is 73.9 Å². The third-order valence-corrected chi connectivity index (χ3v) is 5.40. The molecule has 0 amide bonds. The quantitative estimate of drug-likeness (QED) is 0.817. The van der Waals surface area contributed by atoms with Crippen LogP contribution in [0.4, 0.5) is 0 Å². The van der Waals surface area contributed by atoms with Gasteiger partial charge in [0.15, 0.2) is 0 Å². The number of aryl methyl sites for hydroxylation is 2. The van der Waals surface area contributed by atoms with Gasteiger partial charge in [-0.15, -0.1) is 0 Å². The fourth-order valence-corrected chi connectivity index (χ4v) is 3.82. The molecule has 0 aromatic heterocycles. The molecule has 0 atom stereocenters. The second kappa shape index (κ2) is 7.76. The van der Waals surface area contributed by atoms with E-state index in [0.29, 0.717) is 22.8 Å². The van der Waals surface area contributed by atoms with Crippen LogP contribution in [0.1, 0.15) is 16.7 Å². The highest BCUT2D eigenvalue weighted by molar-refractivity contribution is 7.89. The molecule has 0 radical (unpaired) electrons. The van der Waals surface area contributed by atoms with Crippen molar-refractivity contribution in [1.82, 2.24) is 4.72 Å². The molecule has 2 rings (SSSR count). The van der Waals surface area contributed by atoms with Gasteiger partial charge in [-0.25, -0.2) is 13.1 Å². The van der Waals surface area contributed by atoms with E-state index in [2.05, 4.69) is 4.72 Å². The maximum absolute atomic E-state index is 12.7.